The van der Waals surface area contributed by atoms with Crippen molar-refractivity contribution in [3.63, 3.8) is 0 Å². The van der Waals surface area contributed by atoms with Crippen LogP contribution in [0.2, 0.25) is 20.1 Å². The van der Waals surface area contributed by atoms with Gasteiger partial charge in [-0.25, -0.2) is 4.98 Å². The van der Waals surface area contributed by atoms with E-state index in [1.165, 1.54) is 6.20 Å². The van der Waals surface area contributed by atoms with Gasteiger partial charge in [0.25, 0.3) is 5.91 Å². The summed E-state index contributed by atoms with van der Waals surface area (Å²) < 4.78 is 0. The third-order valence-electron chi connectivity index (χ3n) is 3.15. The molecule has 114 valence electrons. The largest absolute Gasteiger partial charge is 0.305 e. The molecule has 0 N–H and O–H groups in total. The van der Waals surface area contributed by atoms with Gasteiger partial charge in [0.05, 0.1) is 20.8 Å². The number of hydrogen-bond donors (Lipinski definition) is 0. The first-order chi connectivity index (χ1) is 10.5. The van der Waals surface area contributed by atoms with E-state index < -0.39 is 0 Å². The Balaban J connectivity index is 2.05. The number of anilines is 1. The second kappa shape index (κ2) is 6.46. The van der Waals surface area contributed by atoms with Crippen LogP contribution in [0.25, 0.3) is 0 Å². The fourth-order valence-corrected chi connectivity index (χ4v) is 3.82. The van der Waals surface area contributed by atoms with Crippen LogP contribution in [0.3, 0.4) is 0 Å². The van der Waals surface area contributed by atoms with E-state index >= 15 is 0 Å². The average molecular weight is 394 g/mol. The van der Waals surface area contributed by atoms with Gasteiger partial charge in [-0.15, -0.1) is 11.8 Å². The number of carbonyl (C=O) groups is 1. The summed E-state index contributed by atoms with van der Waals surface area (Å²) in [6.07, 6.45) is 1.32. The van der Waals surface area contributed by atoms with Gasteiger partial charge in [0.15, 0.2) is 0 Å². The number of hydrogen-bond acceptors (Lipinski definition) is 3. The van der Waals surface area contributed by atoms with Crippen molar-refractivity contribution in [3.8, 4) is 0 Å². The summed E-state index contributed by atoms with van der Waals surface area (Å²) in [5, 5.41) is 0.952. The molecule has 1 aliphatic rings. The molecule has 1 amide bonds. The number of aromatic nitrogens is 1. The highest BCUT2D eigenvalue weighted by atomic mass is 35.5. The van der Waals surface area contributed by atoms with Gasteiger partial charge in [-0.3, -0.25) is 4.79 Å². The van der Waals surface area contributed by atoms with Crippen molar-refractivity contribution in [2.75, 3.05) is 17.2 Å². The van der Waals surface area contributed by atoms with E-state index in [0.29, 0.717) is 11.6 Å². The Hall–Kier alpha value is -0.650. The van der Waals surface area contributed by atoms with Crippen LogP contribution in [0.1, 0.15) is 10.5 Å². The Morgan fingerprint density at radius 2 is 1.95 bits per heavy atom. The number of benzene rings is 1. The summed E-state index contributed by atoms with van der Waals surface area (Å²) >= 11 is 25.7. The number of rotatable bonds is 1. The Labute approximate surface area is 151 Å². The predicted molar refractivity (Wildman–Crippen MR) is 93.1 cm³/mol. The van der Waals surface area contributed by atoms with Gasteiger partial charge in [-0.2, -0.15) is 0 Å². The molecule has 0 aliphatic carbocycles. The van der Waals surface area contributed by atoms with Crippen LogP contribution >= 0.6 is 58.2 Å². The third kappa shape index (κ3) is 2.91. The standard InChI is InChI=1S/C14H8Cl4N2OS/c15-7-1-2-10-9(5-7)20(3-4-22-10)14(21)13-12(18)11(17)8(16)6-19-13/h1-2,5-6H,3-4H2. The quantitative estimate of drug-likeness (QED) is 0.645. The van der Waals surface area contributed by atoms with Crippen LogP contribution in [0.4, 0.5) is 5.69 Å². The molecule has 0 saturated carbocycles. The summed E-state index contributed by atoms with van der Waals surface area (Å²) in [4.78, 5) is 19.4. The lowest BCUT2D eigenvalue weighted by Crippen LogP contribution is -2.36. The molecule has 2 aromatic rings. The van der Waals surface area contributed by atoms with Crippen molar-refractivity contribution in [3.05, 3.63) is 50.2 Å². The molecule has 0 atom stereocenters. The van der Waals surface area contributed by atoms with Gasteiger partial charge in [-0.1, -0.05) is 46.4 Å². The van der Waals surface area contributed by atoms with E-state index in [-0.39, 0.29) is 26.7 Å². The number of fused-ring (bicyclic) bond motifs is 1. The fraction of sp³-hybridized carbons (Fsp3) is 0.143. The molecule has 0 bridgehead atoms. The molecule has 22 heavy (non-hydrogen) atoms. The Morgan fingerprint density at radius 3 is 2.73 bits per heavy atom. The highest BCUT2D eigenvalue weighted by molar-refractivity contribution is 7.99. The van der Waals surface area contributed by atoms with Crippen LogP contribution in [0.5, 0.6) is 0 Å². The summed E-state index contributed by atoms with van der Waals surface area (Å²) in [5.41, 5.74) is 0.826. The third-order valence-corrected chi connectivity index (χ3v) is 5.67. The molecule has 1 aromatic heterocycles. The zero-order chi connectivity index (χ0) is 15.9. The van der Waals surface area contributed by atoms with Crippen LogP contribution in [-0.4, -0.2) is 23.2 Å². The number of thioether (sulfide) groups is 1. The maximum absolute atomic E-state index is 12.8. The molecule has 0 saturated heterocycles. The predicted octanol–water partition coefficient (Wildman–Crippen LogP) is 5.45. The number of carbonyl (C=O) groups excluding carboxylic acids is 1. The lowest BCUT2D eigenvalue weighted by Gasteiger charge is -2.29. The summed E-state index contributed by atoms with van der Waals surface area (Å²) in [5.74, 6) is 0.451. The maximum Gasteiger partial charge on any atom is 0.278 e. The zero-order valence-electron chi connectivity index (χ0n) is 10.9. The van der Waals surface area contributed by atoms with Crippen molar-refractivity contribution >= 4 is 69.8 Å². The fourth-order valence-electron chi connectivity index (χ4n) is 2.12. The number of amides is 1. The Bertz CT molecular complexity index is 769. The van der Waals surface area contributed by atoms with Gasteiger partial charge in [0.1, 0.15) is 5.69 Å². The van der Waals surface area contributed by atoms with Crippen molar-refractivity contribution in [2.24, 2.45) is 0 Å². The molecular formula is C14H8Cl4N2OS. The SMILES string of the molecule is O=C(c1ncc(Cl)c(Cl)c1Cl)N1CCSc2ccc(Cl)cc21. The molecule has 1 aromatic carbocycles. The zero-order valence-corrected chi connectivity index (χ0v) is 14.8. The summed E-state index contributed by atoms with van der Waals surface area (Å²) in [7, 11) is 0. The molecule has 2 heterocycles. The lowest BCUT2D eigenvalue weighted by atomic mass is 10.2. The summed E-state index contributed by atoms with van der Waals surface area (Å²) in [6.45, 7) is 0.537. The van der Waals surface area contributed by atoms with Gasteiger partial charge in [0.2, 0.25) is 0 Å². The van der Waals surface area contributed by atoms with E-state index in [1.807, 2.05) is 6.07 Å². The van der Waals surface area contributed by atoms with E-state index in [4.69, 9.17) is 46.4 Å². The molecule has 0 radical (unpaired) electrons. The second-order valence-corrected chi connectivity index (χ2v) is 7.24. The highest BCUT2D eigenvalue weighted by Gasteiger charge is 2.27. The molecular weight excluding hydrogens is 386 g/mol. The maximum atomic E-state index is 12.8. The monoisotopic (exact) mass is 392 g/mol. The van der Waals surface area contributed by atoms with Crippen molar-refractivity contribution in [2.45, 2.75) is 4.90 Å². The van der Waals surface area contributed by atoms with Crippen LogP contribution in [0, 0.1) is 0 Å². The molecule has 0 spiro atoms. The first kappa shape index (κ1) is 16.2. The Morgan fingerprint density at radius 1 is 1.18 bits per heavy atom. The highest BCUT2D eigenvalue weighted by Crippen LogP contribution is 2.38. The van der Waals surface area contributed by atoms with Crippen molar-refractivity contribution < 1.29 is 4.79 Å². The van der Waals surface area contributed by atoms with Crippen LogP contribution in [-0.2, 0) is 0 Å². The van der Waals surface area contributed by atoms with Crippen LogP contribution in [0.15, 0.2) is 29.3 Å². The van der Waals surface area contributed by atoms with Gasteiger partial charge >= 0.3 is 0 Å². The van der Waals surface area contributed by atoms with E-state index in [2.05, 4.69) is 4.98 Å². The first-order valence-corrected chi connectivity index (χ1v) is 8.72. The lowest BCUT2D eigenvalue weighted by molar-refractivity contribution is 0.0983. The Kier molecular flexibility index (Phi) is 4.76. The minimum absolute atomic E-state index is 0.0565. The van der Waals surface area contributed by atoms with E-state index in [1.54, 1.807) is 28.8 Å². The topological polar surface area (TPSA) is 33.2 Å². The van der Waals surface area contributed by atoms with E-state index in [0.717, 1.165) is 16.3 Å². The van der Waals surface area contributed by atoms with Gasteiger partial charge in [-0.05, 0) is 18.2 Å². The average Bonchev–Trinajstić information content (AvgIpc) is 2.51. The van der Waals surface area contributed by atoms with Crippen molar-refractivity contribution in [1.29, 1.82) is 0 Å². The minimum Gasteiger partial charge on any atom is -0.305 e. The molecule has 8 heteroatoms. The van der Waals surface area contributed by atoms with Crippen LogP contribution < -0.4 is 4.90 Å². The van der Waals surface area contributed by atoms with E-state index in [9.17, 15) is 4.79 Å². The molecule has 1 aliphatic heterocycles. The summed E-state index contributed by atoms with van der Waals surface area (Å²) in [6, 6.07) is 5.45. The molecule has 0 fully saturated rings. The molecule has 3 nitrogen and oxygen atoms in total. The number of halogens is 4. The normalized spacial score (nSPS) is 13.9. The molecule has 0 unspecified atom stereocenters. The smallest absolute Gasteiger partial charge is 0.278 e. The van der Waals surface area contributed by atoms with Gasteiger partial charge in [0, 0.05) is 28.4 Å². The first-order valence-electron chi connectivity index (χ1n) is 6.22. The molecule has 3 rings (SSSR count). The minimum atomic E-state index is -0.326. The number of nitrogens with zero attached hydrogens (tertiary/aromatic N) is 2. The van der Waals surface area contributed by atoms with Gasteiger partial charge < -0.3 is 4.90 Å². The van der Waals surface area contributed by atoms with Crippen molar-refractivity contribution in [1.82, 2.24) is 4.98 Å². The number of pyridine rings is 1. The second-order valence-electron chi connectivity index (χ2n) is 4.50.